The first-order valence-corrected chi connectivity index (χ1v) is 5.75. The molecule has 1 heterocycles. The minimum absolute atomic E-state index is 0.241. The highest BCUT2D eigenvalue weighted by atomic mass is 16.5. The van der Waals surface area contributed by atoms with E-state index in [9.17, 15) is 5.11 Å². The van der Waals surface area contributed by atoms with Gasteiger partial charge in [0.1, 0.15) is 5.75 Å². The lowest BCUT2D eigenvalue weighted by Gasteiger charge is -2.00. The van der Waals surface area contributed by atoms with Gasteiger partial charge in [0.25, 0.3) is 5.89 Å². The van der Waals surface area contributed by atoms with Gasteiger partial charge in [0.05, 0.1) is 0 Å². The maximum atomic E-state index is 9.63. The van der Waals surface area contributed by atoms with Crippen LogP contribution in [0, 0.1) is 6.92 Å². The lowest BCUT2D eigenvalue weighted by atomic mass is 10.1. The van der Waals surface area contributed by atoms with Crippen LogP contribution >= 0.6 is 0 Å². The van der Waals surface area contributed by atoms with Crippen LogP contribution in [0.15, 0.2) is 22.7 Å². The molecule has 4 heteroatoms. The summed E-state index contributed by atoms with van der Waals surface area (Å²) >= 11 is 0. The van der Waals surface area contributed by atoms with Crippen molar-refractivity contribution in [2.24, 2.45) is 0 Å². The summed E-state index contributed by atoms with van der Waals surface area (Å²) in [6.07, 6.45) is 0.970. The van der Waals surface area contributed by atoms with Crippen molar-refractivity contribution >= 4 is 0 Å². The maximum Gasteiger partial charge on any atom is 0.258 e. The van der Waals surface area contributed by atoms with Gasteiger partial charge in [0, 0.05) is 11.5 Å². The Kier molecular flexibility index (Phi) is 3.13. The molecule has 2 rings (SSSR count). The standard InChI is InChI=1S/C13H16N2O2/c1-4-8(2)12-14-13(17-15-12)10-6-5-9(3)11(16)7-10/h5-8,16H,4H2,1-3H3. The fourth-order valence-electron chi connectivity index (χ4n) is 1.48. The van der Waals surface area contributed by atoms with E-state index in [0.717, 1.165) is 17.5 Å². The molecule has 1 N–H and O–H groups in total. The van der Waals surface area contributed by atoms with Crippen LogP contribution in [0.25, 0.3) is 11.5 Å². The number of phenols is 1. The molecular weight excluding hydrogens is 216 g/mol. The van der Waals surface area contributed by atoms with Crippen molar-refractivity contribution in [3.8, 4) is 17.2 Å². The molecule has 0 aliphatic heterocycles. The molecule has 0 fully saturated rings. The van der Waals surface area contributed by atoms with Crippen molar-refractivity contribution in [2.75, 3.05) is 0 Å². The zero-order chi connectivity index (χ0) is 12.4. The lowest BCUT2D eigenvalue weighted by molar-refractivity contribution is 0.416. The van der Waals surface area contributed by atoms with E-state index >= 15 is 0 Å². The average Bonchev–Trinajstić information content (AvgIpc) is 2.81. The summed E-state index contributed by atoms with van der Waals surface area (Å²) in [7, 11) is 0. The van der Waals surface area contributed by atoms with E-state index in [1.807, 2.05) is 19.1 Å². The van der Waals surface area contributed by atoms with E-state index in [4.69, 9.17) is 4.52 Å². The van der Waals surface area contributed by atoms with Gasteiger partial charge < -0.3 is 9.63 Å². The SMILES string of the molecule is CCC(C)c1noc(-c2ccc(C)c(O)c2)n1. The van der Waals surface area contributed by atoms with Crippen molar-refractivity contribution in [3.63, 3.8) is 0 Å². The molecule has 1 aromatic carbocycles. The third-order valence-electron chi connectivity index (χ3n) is 2.95. The number of rotatable bonds is 3. The molecule has 0 radical (unpaired) electrons. The summed E-state index contributed by atoms with van der Waals surface area (Å²) < 4.78 is 5.20. The van der Waals surface area contributed by atoms with Gasteiger partial charge >= 0.3 is 0 Å². The molecule has 0 spiro atoms. The van der Waals surface area contributed by atoms with Gasteiger partial charge in [-0.1, -0.05) is 25.1 Å². The Bertz CT molecular complexity index is 520. The highest BCUT2D eigenvalue weighted by Gasteiger charge is 2.13. The predicted octanol–water partition coefficient (Wildman–Crippen LogP) is 3.26. The monoisotopic (exact) mass is 232 g/mol. The number of hydrogen-bond donors (Lipinski definition) is 1. The van der Waals surface area contributed by atoms with Gasteiger partial charge in [0.2, 0.25) is 0 Å². The Hall–Kier alpha value is -1.84. The van der Waals surface area contributed by atoms with Crippen LogP contribution in [0.1, 0.15) is 37.6 Å². The molecular formula is C13H16N2O2. The van der Waals surface area contributed by atoms with Crippen molar-refractivity contribution in [2.45, 2.75) is 33.1 Å². The Labute approximate surface area is 100 Å². The highest BCUT2D eigenvalue weighted by molar-refractivity contribution is 5.57. The van der Waals surface area contributed by atoms with Gasteiger partial charge in [-0.3, -0.25) is 0 Å². The molecule has 0 saturated carbocycles. The zero-order valence-electron chi connectivity index (χ0n) is 10.3. The largest absolute Gasteiger partial charge is 0.508 e. The van der Waals surface area contributed by atoms with Crippen LogP contribution in [0.2, 0.25) is 0 Å². The van der Waals surface area contributed by atoms with E-state index in [1.54, 1.807) is 6.07 Å². The first-order chi connectivity index (χ1) is 8.11. The normalized spacial score (nSPS) is 12.6. The number of aromatic nitrogens is 2. The van der Waals surface area contributed by atoms with E-state index in [-0.39, 0.29) is 11.7 Å². The van der Waals surface area contributed by atoms with Crippen LogP contribution in [0.4, 0.5) is 0 Å². The summed E-state index contributed by atoms with van der Waals surface area (Å²) in [4.78, 5) is 4.33. The number of hydrogen-bond acceptors (Lipinski definition) is 4. The maximum absolute atomic E-state index is 9.63. The Morgan fingerprint density at radius 3 is 2.82 bits per heavy atom. The zero-order valence-corrected chi connectivity index (χ0v) is 10.3. The van der Waals surface area contributed by atoms with Crippen LogP contribution in [0.5, 0.6) is 5.75 Å². The molecule has 0 saturated heterocycles. The van der Waals surface area contributed by atoms with Gasteiger partial charge in [-0.05, 0) is 31.0 Å². The fraction of sp³-hybridized carbons (Fsp3) is 0.385. The van der Waals surface area contributed by atoms with Crippen LogP contribution < -0.4 is 0 Å². The molecule has 90 valence electrons. The van der Waals surface area contributed by atoms with Gasteiger partial charge in [-0.15, -0.1) is 0 Å². The topological polar surface area (TPSA) is 59.2 Å². The smallest absolute Gasteiger partial charge is 0.258 e. The van der Waals surface area contributed by atoms with Crippen molar-refractivity contribution < 1.29 is 9.63 Å². The minimum atomic E-state index is 0.241. The van der Waals surface area contributed by atoms with E-state index in [0.29, 0.717) is 11.7 Å². The number of nitrogens with zero attached hydrogens (tertiary/aromatic N) is 2. The highest BCUT2D eigenvalue weighted by Crippen LogP contribution is 2.26. The molecule has 0 aliphatic carbocycles. The summed E-state index contributed by atoms with van der Waals surface area (Å²) in [6, 6.07) is 5.34. The molecule has 0 bridgehead atoms. The summed E-state index contributed by atoms with van der Waals surface area (Å²) in [6.45, 7) is 5.98. The first kappa shape index (κ1) is 11.6. The second kappa shape index (κ2) is 4.57. The number of aryl methyl sites for hydroxylation is 1. The van der Waals surface area contributed by atoms with Crippen molar-refractivity contribution in [1.29, 1.82) is 0 Å². The van der Waals surface area contributed by atoms with Crippen LogP contribution in [0.3, 0.4) is 0 Å². The van der Waals surface area contributed by atoms with Gasteiger partial charge in [0.15, 0.2) is 5.82 Å². The summed E-state index contributed by atoms with van der Waals surface area (Å²) in [5.74, 6) is 1.69. The number of benzene rings is 1. The first-order valence-electron chi connectivity index (χ1n) is 5.75. The number of phenolic OH excluding ortho intramolecular Hbond substituents is 1. The van der Waals surface area contributed by atoms with E-state index in [2.05, 4.69) is 24.0 Å². The van der Waals surface area contributed by atoms with E-state index in [1.165, 1.54) is 0 Å². The molecule has 2 aromatic rings. The quantitative estimate of drug-likeness (QED) is 0.882. The molecule has 1 atom stereocenters. The second-order valence-corrected chi connectivity index (χ2v) is 4.27. The fourth-order valence-corrected chi connectivity index (χ4v) is 1.48. The van der Waals surface area contributed by atoms with Crippen LogP contribution in [-0.4, -0.2) is 15.2 Å². The summed E-state index contributed by atoms with van der Waals surface area (Å²) in [5.41, 5.74) is 1.57. The molecule has 17 heavy (non-hydrogen) atoms. The molecule has 4 nitrogen and oxygen atoms in total. The Balaban J connectivity index is 2.33. The molecule has 0 amide bonds. The van der Waals surface area contributed by atoms with Gasteiger partial charge in [-0.2, -0.15) is 4.98 Å². The predicted molar refractivity (Wildman–Crippen MR) is 64.8 cm³/mol. The summed E-state index contributed by atoms with van der Waals surface area (Å²) in [5, 5.41) is 13.6. The minimum Gasteiger partial charge on any atom is -0.508 e. The second-order valence-electron chi connectivity index (χ2n) is 4.27. The number of aromatic hydroxyl groups is 1. The molecule has 1 aromatic heterocycles. The Morgan fingerprint density at radius 2 is 2.18 bits per heavy atom. The van der Waals surface area contributed by atoms with Crippen molar-refractivity contribution in [1.82, 2.24) is 10.1 Å². The molecule has 0 aliphatic rings. The average molecular weight is 232 g/mol. The van der Waals surface area contributed by atoms with Gasteiger partial charge in [-0.25, -0.2) is 0 Å². The molecule has 1 unspecified atom stereocenters. The van der Waals surface area contributed by atoms with Crippen LogP contribution in [-0.2, 0) is 0 Å². The third-order valence-corrected chi connectivity index (χ3v) is 2.95. The lowest BCUT2D eigenvalue weighted by Crippen LogP contribution is -1.93. The van der Waals surface area contributed by atoms with E-state index < -0.39 is 0 Å². The Morgan fingerprint density at radius 1 is 1.41 bits per heavy atom. The third kappa shape index (κ3) is 2.30. The van der Waals surface area contributed by atoms with Crippen molar-refractivity contribution in [3.05, 3.63) is 29.6 Å².